The number of methoxy groups -OCH3 is 1. The molecule has 4 aliphatic heterocycles. The van der Waals surface area contributed by atoms with Crippen LogP contribution in [-0.4, -0.2) is 157 Å². The van der Waals surface area contributed by atoms with E-state index < -0.39 is 5.97 Å². The number of benzene rings is 2. The molecular formula is C57H71N13O4S2. The lowest BCUT2D eigenvalue weighted by Gasteiger charge is -2.37. The first-order chi connectivity index (χ1) is 36.9. The molecule has 2 saturated heterocycles. The summed E-state index contributed by atoms with van der Waals surface area (Å²) in [5, 5.41) is 19.1. The molecule has 0 saturated carbocycles. The van der Waals surface area contributed by atoms with Crippen LogP contribution in [0.2, 0.25) is 0 Å². The van der Waals surface area contributed by atoms with Gasteiger partial charge < -0.3 is 45.0 Å². The van der Waals surface area contributed by atoms with Gasteiger partial charge in [0.1, 0.15) is 34.0 Å². The SMILES string of the molecule is CCN(CCOC)C(=O)[C@H]1CCc2c(sc3ncnc(Nc4cc5c(cc4N4CCC(N(C)C)CC4)CN=C5)c23)C1.CN(C)C1CCN(c2cc3c(cc2Nc2ncnc4sc5c(c24)CC[C@H](C(=O)O)C5)C=NC3)CC1. The monoisotopic (exact) mass is 1070 g/mol. The summed E-state index contributed by atoms with van der Waals surface area (Å²) in [5.41, 5.74) is 11.9. The minimum Gasteiger partial charge on any atom is -0.481 e. The third-order valence-electron chi connectivity index (χ3n) is 16.7. The van der Waals surface area contributed by atoms with Crippen LogP contribution in [0.15, 0.2) is 46.9 Å². The number of piperidine rings is 2. The summed E-state index contributed by atoms with van der Waals surface area (Å²) in [7, 11) is 10.4. The number of carboxylic acids is 1. The number of nitrogens with one attached hydrogen (secondary N) is 2. The Balaban J connectivity index is 0.000000164. The number of carboxylic acid groups (broad SMARTS) is 1. The van der Waals surface area contributed by atoms with E-state index in [-0.39, 0.29) is 17.7 Å². The number of rotatable bonds is 14. The molecule has 6 aliphatic rings. The van der Waals surface area contributed by atoms with Crippen molar-refractivity contribution < 1.29 is 19.4 Å². The molecule has 6 aromatic rings. The van der Waals surface area contributed by atoms with E-state index in [1.54, 1.807) is 42.4 Å². The molecule has 2 atom stereocenters. The van der Waals surface area contributed by atoms with Crippen molar-refractivity contribution in [2.24, 2.45) is 21.8 Å². The normalized spacial score (nSPS) is 19.2. The van der Waals surface area contributed by atoms with Gasteiger partial charge in [-0.3, -0.25) is 19.6 Å². The summed E-state index contributed by atoms with van der Waals surface area (Å²) < 4.78 is 5.23. The molecule has 2 fully saturated rings. The number of fused-ring (bicyclic) bond motifs is 8. The van der Waals surface area contributed by atoms with Crippen LogP contribution in [0.1, 0.15) is 88.6 Å². The minimum absolute atomic E-state index is 0.00410. The predicted molar refractivity (Wildman–Crippen MR) is 308 cm³/mol. The van der Waals surface area contributed by atoms with Crippen molar-refractivity contribution in [2.75, 3.05) is 102 Å². The first-order valence-corrected chi connectivity index (χ1v) is 28.8. The number of amides is 1. The highest BCUT2D eigenvalue weighted by molar-refractivity contribution is 7.19. The molecule has 2 aliphatic carbocycles. The van der Waals surface area contributed by atoms with E-state index in [9.17, 15) is 14.7 Å². The summed E-state index contributed by atoms with van der Waals surface area (Å²) in [6.45, 7) is 9.51. The third kappa shape index (κ3) is 10.5. The molecule has 400 valence electrons. The molecule has 19 heteroatoms. The molecule has 4 aromatic heterocycles. The van der Waals surface area contributed by atoms with Crippen LogP contribution in [0.5, 0.6) is 0 Å². The van der Waals surface area contributed by atoms with Crippen molar-refractivity contribution in [3.05, 3.63) is 80.1 Å². The first-order valence-electron chi connectivity index (χ1n) is 27.2. The van der Waals surface area contributed by atoms with Crippen molar-refractivity contribution in [3.8, 4) is 0 Å². The number of hydrogen-bond donors (Lipinski definition) is 3. The maximum atomic E-state index is 13.3. The van der Waals surface area contributed by atoms with Crippen molar-refractivity contribution >= 4 is 102 Å². The number of anilines is 6. The summed E-state index contributed by atoms with van der Waals surface area (Å²) in [4.78, 5) is 68.5. The Kier molecular flexibility index (Phi) is 15.4. The van der Waals surface area contributed by atoms with Crippen LogP contribution in [0.25, 0.3) is 20.4 Å². The number of aliphatic carboxylic acids is 1. The smallest absolute Gasteiger partial charge is 0.306 e. The van der Waals surface area contributed by atoms with Gasteiger partial charge in [0.05, 0.1) is 59.1 Å². The fourth-order valence-corrected chi connectivity index (χ4v) is 14.8. The molecule has 0 radical (unpaired) electrons. The second-order valence-corrected chi connectivity index (χ2v) is 23.8. The van der Waals surface area contributed by atoms with Crippen molar-refractivity contribution in [2.45, 2.75) is 96.3 Å². The van der Waals surface area contributed by atoms with Gasteiger partial charge in [0.25, 0.3) is 0 Å². The van der Waals surface area contributed by atoms with E-state index in [0.717, 1.165) is 145 Å². The molecule has 3 N–H and O–H groups in total. The van der Waals surface area contributed by atoms with E-state index >= 15 is 0 Å². The van der Waals surface area contributed by atoms with Gasteiger partial charge >= 0.3 is 5.97 Å². The van der Waals surface area contributed by atoms with E-state index in [0.29, 0.717) is 44.6 Å². The lowest BCUT2D eigenvalue weighted by atomic mass is 9.87. The van der Waals surface area contributed by atoms with E-state index in [1.165, 1.54) is 44.1 Å². The Labute approximate surface area is 453 Å². The fraction of sp³-hybridized carbons (Fsp3) is 0.509. The van der Waals surface area contributed by atoms with Crippen LogP contribution in [0, 0.1) is 11.8 Å². The van der Waals surface area contributed by atoms with Crippen LogP contribution in [-0.2, 0) is 53.1 Å². The summed E-state index contributed by atoms with van der Waals surface area (Å²) in [6, 6.07) is 10.3. The Bertz CT molecular complexity index is 3190. The summed E-state index contributed by atoms with van der Waals surface area (Å²) in [6.07, 6.45) is 16.2. The van der Waals surface area contributed by atoms with Crippen molar-refractivity contribution in [3.63, 3.8) is 0 Å². The van der Waals surface area contributed by atoms with E-state index in [4.69, 9.17) is 9.72 Å². The Morgan fingerprint density at radius 3 is 1.61 bits per heavy atom. The Hall–Kier alpha value is -6.12. The van der Waals surface area contributed by atoms with Gasteiger partial charge in [0.2, 0.25) is 5.91 Å². The van der Waals surface area contributed by atoms with Gasteiger partial charge in [0, 0.05) is 86.6 Å². The van der Waals surface area contributed by atoms with Crippen LogP contribution >= 0.6 is 22.7 Å². The second kappa shape index (κ2) is 22.5. The topological polar surface area (TPSA) is 180 Å². The lowest BCUT2D eigenvalue weighted by Crippen LogP contribution is -2.42. The molecule has 12 rings (SSSR count). The fourth-order valence-electron chi connectivity index (χ4n) is 12.2. The number of ether oxygens (including phenoxy) is 1. The summed E-state index contributed by atoms with van der Waals surface area (Å²) >= 11 is 3.33. The maximum absolute atomic E-state index is 13.3. The highest BCUT2D eigenvalue weighted by Crippen LogP contribution is 2.45. The average Bonchev–Trinajstić information content (AvgIpc) is 4.27. The Morgan fingerprint density at radius 1 is 0.684 bits per heavy atom. The van der Waals surface area contributed by atoms with Crippen LogP contribution in [0.3, 0.4) is 0 Å². The van der Waals surface area contributed by atoms with E-state index in [2.05, 4.69) is 108 Å². The Morgan fingerprint density at radius 2 is 1.16 bits per heavy atom. The highest BCUT2D eigenvalue weighted by atomic mass is 32.1. The molecule has 2 aromatic carbocycles. The van der Waals surface area contributed by atoms with Crippen LogP contribution in [0.4, 0.5) is 34.4 Å². The zero-order valence-corrected chi connectivity index (χ0v) is 46.4. The molecule has 76 heavy (non-hydrogen) atoms. The summed E-state index contributed by atoms with van der Waals surface area (Å²) in [5.74, 6) is 0.879. The molecule has 0 unspecified atom stereocenters. The number of thiophene rings is 2. The van der Waals surface area contributed by atoms with Gasteiger partial charge in [0.15, 0.2) is 0 Å². The minimum atomic E-state index is -0.708. The number of carbonyl (C=O) groups is 2. The van der Waals surface area contributed by atoms with Gasteiger partial charge in [-0.05, 0) is 157 Å². The number of carbonyl (C=O) groups excluding carboxylic acids is 1. The molecule has 0 spiro atoms. The number of aromatic nitrogens is 4. The standard InChI is InChI=1S/C31H41N7O2S.C26H30N6O2S/c1-5-37(12-13-40-4)31(39)20-6-7-24-27(16-20)41-30-28(24)29(33-19-34-30)35-25-14-21-17-32-18-22(21)15-26(25)38-10-8-23(9-11-38)36(2)3;1-31(2)18-5-7-32(8-6-18)21-10-17-13-27-12-16(17)9-20(21)30-24-23-19-4-3-15(26(33)34)11-22(19)35-25(23)29-14-28-24/h14-15,17,19-20,23H,5-13,16,18H2,1-4H3,(H,33,34,35);9-10,12,14-15,18H,3-8,11,13H2,1-2H3,(H,33,34)(H,28,29,30)/t20-;15-/m00/s1. The number of likely N-dealkylation sites (N-methyl/N-ethyl adjacent to an activating group) is 1. The average molecular weight is 1070 g/mol. The van der Waals surface area contributed by atoms with Crippen LogP contribution < -0.4 is 20.4 Å². The molecule has 8 heterocycles. The van der Waals surface area contributed by atoms with Gasteiger partial charge in [-0.1, -0.05) is 0 Å². The quantitative estimate of drug-likeness (QED) is 0.0944. The van der Waals surface area contributed by atoms with Gasteiger partial charge in [-0.2, -0.15) is 0 Å². The molecule has 0 bridgehead atoms. The van der Waals surface area contributed by atoms with E-state index in [1.807, 2.05) is 24.3 Å². The molecular weight excluding hydrogens is 995 g/mol. The second-order valence-electron chi connectivity index (χ2n) is 21.6. The lowest BCUT2D eigenvalue weighted by molar-refractivity contribution is -0.142. The van der Waals surface area contributed by atoms with Crippen molar-refractivity contribution in [1.29, 1.82) is 0 Å². The zero-order chi connectivity index (χ0) is 52.6. The number of nitrogens with zero attached hydrogens (tertiary/aromatic N) is 11. The molecule has 17 nitrogen and oxygen atoms in total. The number of aliphatic imine (C=N–C) groups is 2. The highest BCUT2D eigenvalue weighted by Gasteiger charge is 2.33. The van der Waals surface area contributed by atoms with Gasteiger partial charge in [-0.25, -0.2) is 19.9 Å². The number of hydrogen-bond acceptors (Lipinski definition) is 17. The van der Waals surface area contributed by atoms with Crippen molar-refractivity contribution in [1.82, 2.24) is 34.6 Å². The molecule has 1 amide bonds. The first kappa shape index (κ1) is 52.0. The maximum Gasteiger partial charge on any atom is 0.306 e. The largest absolute Gasteiger partial charge is 0.481 e. The van der Waals surface area contributed by atoms with Gasteiger partial charge in [-0.15, -0.1) is 22.7 Å². The number of aryl methyl sites for hydroxylation is 2. The zero-order valence-electron chi connectivity index (χ0n) is 44.8. The third-order valence-corrected chi connectivity index (χ3v) is 19.0. The predicted octanol–water partition coefficient (Wildman–Crippen LogP) is 8.58.